The predicted molar refractivity (Wildman–Crippen MR) is 100 cm³/mol. The molecule has 138 valence electrons. The topological polar surface area (TPSA) is 57.2 Å². The maximum absolute atomic E-state index is 13.8. The molecule has 0 aliphatic carbocycles. The number of aromatic nitrogens is 3. The highest BCUT2D eigenvalue weighted by Gasteiger charge is 2.20. The van der Waals surface area contributed by atoms with Crippen LogP contribution in [0.4, 0.5) is 32.1 Å². The van der Waals surface area contributed by atoms with E-state index in [2.05, 4.69) is 30.1 Å². The van der Waals surface area contributed by atoms with E-state index in [9.17, 15) is 8.78 Å². The van der Waals surface area contributed by atoms with Crippen molar-refractivity contribution < 1.29 is 8.78 Å². The van der Waals surface area contributed by atoms with Gasteiger partial charge >= 0.3 is 0 Å². The van der Waals surface area contributed by atoms with Gasteiger partial charge in [-0.2, -0.15) is 4.98 Å². The molecule has 3 heterocycles. The number of anilines is 4. The van der Waals surface area contributed by atoms with Crippen LogP contribution in [0.1, 0.15) is 0 Å². The highest BCUT2D eigenvalue weighted by atomic mass is 19.1. The van der Waals surface area contributed by atoms with Crippen molar-refractivity contribution in [2.24, 2.45) is 0 Å². The first kappa shape index (κ1) is 17.1. The summed E-state index contributed by atoms with van der Waals surface area (Å²) in [6.45, 7) is 3.13. The van der Waals surface area contributed by atoms with Gasteiger partial charge in [0.2, 0.25) is 5.95 Å². The third-order valence-corrected chi connectivity index (χ3v) is 4.37. The number of rotatable bonds is 4. The molecule has 2 aromatic heterocycles. The van der Waals surface area contributed by atoms with E-state index in [0.717, 1.165) is 38.1 Å². The van der Waals surface area contributed by atoms with E-state index in [1.54, 1.807) is 18.5 Å². The summed E-state index contributed by atoms with van der Waals surface area (Å²) in [4.78, 5) is 17.5. The van der Waals surface area contributed by atoms with Crippen LogP contribution in [0, 0.1) is 11.6 Å². The van der Waals surface area contributed by atoms with Gasteiger partial charge in [-0.1, -0.05) is 6.07 Å². The van der Waals surface area contributed by atoms with E-state index in [4.69, 9.17) is 0 Å². The average molecular weight is 368 g/mol. The molecule has 1 aliphatic heterocycles. The van der Waals surface area contributed by atoms with Gasteiger partial charge in [-0.3, -0.25) is 0 Å². The monoisotopic (exact) mass is 368 g/mol. The molecule has 8 heteroatoms. The Labute approximate surface area is 155 Å². The van der Waals surface area contributed by atoms with Crippen LogP contribution in [0.15, 0.2) is 54.9 Å². The Kier molecular flexibility index (Phi) is 4.78. The molecule has 1 saturated heterocycles. The van der Waals surface area contributed by atoms with Gasteiger partial charge in [0.25, 0.3) is 0 Å². The van der Waals surface area contributed by atoms with Crippen molar-refractivity contribution in [1.29, 1.82) is 0 Å². The lowest BCUT2D eigenvalue weighted by atomic mass is 10.3. The summed E-state index contributed by atoms with van der Waals surface area (Å²) >= 11 is 0. The molecular formula is C19H18F2N6. The van der Waals surface area contributed by atoms with Gasteiger partial charge in [0.15, 0.2) is 0 Å². The highest BCUT2D eigenvalue weighted by Crippen LogP contribution is 2.21. The molecule has 0 unspecified atom stereocenters. The molecule has 27 heavy (non-hydrogen) atoms. The van der Waals surface area contributed by atoms with Crippen LogP contribution in [0.25, 0.3) is 0 Å². The summed E-state index contributed by atoms with van der Waals surface area (Å²) in [6, 6.07) is 10.9. The number of hydrogen-bond donors (Lipinski definition) is 1. The second-order valence-corrected chi connectivity index (χ2v) is 6.15. The smallest absolute Gasteiger partial charge is 0.227 e. The van der Waals surface area contributed by atoms with Crippen LogP contribution in [0.3, 0.4) is 0 Å². The fraction of sp³-hybridized carbons (Fsp3) is 0.211. The number of piperazine rings is 1. The number of hydrogen-bond acceptors (Lipinski definition) is 6. The fourth-order valence-corrected chi connectivity index (χ4v) is 2.98. The van der Waals surface area contributed by atoms with Gasteiger partial charge in [-0.05, 0) is 30.3 Å². The summed E-state index contributed by atoms with van der Waals surface area (Å²) in [7, 11) is 0. The van der Waals surface area contributed by atoms with E-state index in [-0.39, 0.29) is 5.69 Å². The molecule has 0 radical (unpaired) electrons. The van der Waals surface area contributed by atoms with Crippen molar-refractivity contribution in [2.45, 2.75) is 0 Å². The zero-order valence-electron chi connectivity index (χ0n) is 14.5. The van der Waals surface area contributed by atoms with Gasteiger partial charge in [-0.25, -0.2) is 18.7 Å². The largest absolute Gasteiger partial charge is 0.353 e. The summed E-state index contributed by atoms with van der Waals surface area (Å²) < 4.78 is 26.9. The standard InChI is InChI=1S/C19H18F2N6/c20-14-4-5-16(15(21)13-14)24-17-6-8-23-19(25-17)27-11-9-26(10-12-27)18-3-1-2-7-22-18/h1-8,13H,9-12H2,(H,23,24,25). The Morgan fingerprint density at radius 2 is 1.67 bits per heavy atom. The molecule has 0 amide bonds. The van der Waals surface area contributed by atoms with Gasteiger partial charge in [0, 0.05) is 44.6 Å². The van der Waals surface area contributed by atoms with E-state index < -0.39 is 11.6 Å². The van der Waals surface area contributed by atoms with Crippen molar-refractivity contribution in [3.8, 4) is 0 Å². The average Bonchev–Trinajstić information content (AvgIpc) is 2.71. The van der Waals surface area contributed by atoms with Crippen LogP contribution >= 0.6 is 0 Å². The number of nitrogens with zero attached hydrogens (tertiary/aromatic N) is 5. The molecule has 0 atom stereocenters. The maximum atomic E-state index is 13.8. The number of nitrogens with one attached hydrogen (secondary N) is 1. The van der Waals surface area contributed by atoms with E-state index in [1.165, 1.54) is 12.1 Å². The summed E-state index contributed by atoms with van der Waals surface area (Å²) in [5.74, 6) is 0.701. The third-order valence-electron chi connectivity index (χ3n) is 4.37. The van der Waals surface area contributed by atoms with E-state index in [1.807, 2.05) is 18.2 Å². The van der Waals surface area contributed by atoms with Crippen LogP contribution < -0.4 is 15.1 Å². The molecule has 1 aromatic carbocycles. The Morgan fingerprint density at radius 3 is 2.41 bits per heavy atom. The molecule has 0 bridgehead atoms. The quantitative estimate of drug-likeness (QED) is 0.763. The van der Waals surface area contributed by atoms with Crippen LogP contribution in [0.2, 0.25) is 0 Å². The lowest BCUT2D eigenvalue weighted by molar-refractivity contribution is 0.586. The van der Waals surface area contributed by atoms with Crippen molar-refractivity contribution in [1.82, 2.24) is 15.0 Å². The molecule has 4 rings (SSSR count). The van der Waals surface area contributed by atoms with Crippen molar-refractivity contribution in [3.63, 3.8) is 0 Å². The summed E-state index contributed by atoms with van der Waals surface area (Å²) in [5, 5.41) is 2.87. The Bertz CT molecular complexity index is 913. The lowest BCUT2D eigenvalue weighted by Gasteiger charge is -2.35. The first-order chi connectivity index (χ1) is 13.2. The lowest BCUT2D eigenvalue weighted by Crippen LogP contribution is -2.47. The number of benzene rings is 1. The maximum Gasteiger partial charge on any atom is 0.227 e. The molecule has 0 spiro atoms. The Balaban J connectivity index is 1.44. The van der Waals surface area contributed by atoms with E-state index >= 15 is 0 Å². The van der Waals surface area contributed by atoms with E-state index in [0.29, 0.717) is 11.8 Å². The molecule has 6 nitrogen and oxygen atoms in total. The first-order valence-electron chi connectivity index (χ1n) is 8.65. The summed E-state index contributed by atoms with van der Waals surface area (Å²) in [5.41, 5.74) is 0.168. The zero-order valence-corrected chi connectivity index (χ0v) is 14.5. The van der Waals surface area contributed by atoms with Gasteiger partial charge < -0.3 is 15.1 Å². The summed E-state index contributed by atoms with van der Waals surface area (Å²) in [6.07, 6.45) is 3.41. The molecule has 3 aromatic rings. The fourth-order valence-electron chi connectivity index (χ4n) is 2.98. The van der Waals surface area contributed by atoms with Crippen molar-refractivity contribution >= 4 is 23.3 Å². The second kappa shape index (κ2) is 7.53. The minimum absolute atomic E-state index is 0.168. The van der Waals surface area contributed by atoms with Gasteiger partial charge in [0.05, 0.1) is 5.69 Å². The Morgan fingerprint density at radius 1 is 0.852 bits per heavy atom. The molecule has 1 aliphatic rings. The molecule has 0 saturated carbocycles. The molecule has 1 fully saturated rings. The second-order valence-electron chi connectivity index (χ2n) is 6.15. The van der Waals surface area contributed by atoms with Crippen molar-refractivity contribution in [3.05, 3.63) is 66.5 Å². The minimum atomic E-state index is -0.667. The number of pyridine rings is 1. The minimum Gasteiger partial charge on any atom is -0.353 e. The van der Waals surface area contributed by atoms with Crippen molar-refractivity contribution in [2.75, 3.05) is 41.3 Å². The first-order valence-corrected chi connectivity index (χ1v) is 8.65. The predicted octanol–water partition coefficient (Wildman–Crippen LogP) is 3.22. The van der Waals surface area contributed by atoms with Crippen LogP contribution in [-0.2, 0) is 0 Å². The SMILES string of the molecule is Fc1ccc(Nc2ccnc(N3CCN(c4ccccn4)CC3)n2)c(F)c1. The van der Waals surface area contributed by atoms with Crippen LogP contribution in [-0.4, -0.2) is 41.1 Å². The third kappa shape index (κ3) is 3.94. The number of halogens is 2. The van der Waals surface area contributed by atoms with Gasteiger partial charge in [0.1, 0.15) is 23.3 Å². The highest BCUT2D eigenvalue weighted by molar-refractivity contribution is 5.57. The molecule has 1 N–H and O–H groups in total. The zero-order chi connectivity index (χ0) is 18.6. The molecular weight excluding hydrogens is 350 g/mol. The normalized spacial score (nSPS) is 14.3. The van der Waals surface area contributed by atoms with Gasteiger partial charge in [-0.15, -0.1) is 0 Å². The van der Waals surface area contributed by atoms with Crippen LogP contribution in [0.5, 0.6) is 0 Å². The Hall–Kier alpha value is -3.29.